The summed E-state index contributed by atoms with van der Waals surface area (Å²) >= 11 is 0. The van der Waals surface area contributed by atoms with Crippen LogP contribution in [0.1, 0.15) is 47.0 Å². The first kappa shape index (κ1) is 13.2. The number of hydrogen-bond donors (Lipinski definition) is 2. The molecule has 1 amide bonds. The molecular formula is C13H21NO4. The van der Waals surface area contributed by atoms with Crippen LogP contribution in [0.25, 0.3) is 0 Å². The van der Waals surface area contributed by atoms with Crippen LogP contribution in [-0.4, -0.2) is 28.3 Å². The minimum atomic E-state index is -0.749. The Labute approximate surface area is 107 Å². The minimum Gasteiger partial charge on any atom is -0.481 e. The van der Waals surface area contributed by atoms with Crippen molar-refractivity contribution in [1.82, 2.24) is 5.32 Å². The quantitative estimate of drug-likeness (QED) is 0.810. The Morgan fingerprint density at radius 2 is 1.78 bits per heavy atom. The molecule has 5 nitrogen and oxygen atoms in total. The number of carboxylic acids is 1. The number of aliphatic carboxylic acids is 1. The number of alkyl carbamates (subject to hydrolysis) is 1. The van der Waals surface area contributed by atoms with E-state index in [0.717, 1.165) is 19.3 Å². The molecule has 0 aromatic carbocycles. The van der Waals surface area contributed by atoms with Crippen molar-refractivity contribution in [2.75, 3.05) is 0 Å². The molecule has 3 aliphatic carbocycles. The van der Waals surface area contributed by atoms with Crippen molar-refractivity contribution in [3.8, 4) is 0 Å². The normalized spacial score (nSPS) is 34.9. The molecule has 0 spiro atoms. The summed E-state index contributed by atoms with van der Waals surface area (Å²) in [6.07, 6.45) is 1.87. The number of hydrogen-bond acceptors (Lipinski definition) is 3. The standard InChI is InChI=1S/C13H21NO4/c1-8(9(15)16)12-5-13(6-12,7-12)14-10(17)18-11(2,3)4/h8H,5-7H2,1-4H3,(H,14,17)(H,15,16). The number of ether oxygens (including phenoxy) is 1. The molecule has 102 valence electrons. The molecule has 18 heavy (non-hydrogen) atoms. The lowest BCUT2D eigenvalue weighted by molar-refractivity contribution is -0.197. The van der Waals surface area contributed by atoms with Crippen molar-refractivity contribution in [2.45, 2.75) is 58.1 Å². The van der Waals surface area contributed by atoms with E-state index in [1.807, 2.05) is 20.8 Å². The van der Waals surface area contributed by atoms with Gasteiger partial charge < -0.3 is 15.2 Å². The Balaban J connectivity index is 1.84. The van der Waals surface area contributed by atoms with Gasteiger partial charge in [-0.1, -0.05) is 6.92 Å². The first-order chi connectivity index (χ1) is 8.08. The number of amides is 1. The van der Waals surface area contributed by atoms with E-state index >= 15 is 0 Å². The molecule has 1 unspecified atom stereocenters. The SMILES string of the molecule is CC(C(=O)O)C12CC(NC(=O)OC(C)(C)C)(C1)C2. The molecule has 0 saturated heterocycles. The van der Waals surface area contributed by atoms with Gasteiger partial charge in [0.25, 0.3) is 0 Å². The maximum atomic E-state index is 11.7. The lowest BCUT2D eigenvalue weighted by Gasteiger charge is -2.71. The number of rotatable bonds is 3. The maximum Gasteiger partial charge on any atom is 0.408 e. The van der Waals surface area contributed by atoms with Gasteiger partial charge in [0, 0.05) is 5.54 Å². The summed E-state index contributed by atoms with van der Waals surface area (Å²) in [6.45, 7) is 7.21. The monoisotopic (exact) mass is 255 g/mol. The summed E-state index contributed by atoms with van der Waals surface area (Å²) in [7, 11) is 0. The second-order valence-electron chi connectivity index (χ2n) is 6.86. The van der Waals surface area contributed by atoms with E-state index in [2.05, 4.69) is 5.32 Å². The molecule has 2 N–H and O–H groups in total. The van der Waals surface area contributed by atoms with Gasteiger partial charge in [-0.05, 0) is 45.4 Å². The van der Waals surface area contributed by atoms with E-state index < -0.39 is 17.7 Å². The lowest BCUT2D eigenvalue weighted by atomic mass is 9.36. The fraction of sp³-hybridized carbons (Fsp3) is 0.846. The highest BCUT2D eigenvalue weighted by Crippen LogP contribution is 2.70. The van der Waals surface area contributed by atoms with Crippen molar-refractivity contribution < 1.29 is 19.4 Å². The third-order valence-corrected chi connectivity index (χ3v) is 4.13. The highest BCUT2D eigenvalue weighted by molar-refractivity contribution is 5.73. The Morgan fingerprint density at radius 1 is 1.28 bits per heavy atom. The minimum absolute atomic E-state index is 0.0964. The van der Waals surface area contributed by atoms with Gasteiger partial charge in [0.2, 0.25) is 0 Å². The highest BCUT2D eigenvalue weighted by Gasteiger charge is 2.71. The zero-order valence-electron chi connectivity index (χ0n) is 11.4. The number of nitrogens with one attached hydrogen (secondary N) is 1. The van der Waals surface area contributed by atoms with Crippen LogP contribution < -0.4 is 5.32 Å². The summed E-state index contributed by atoms with van der Waals surface area (Å²) in [5, 5.41) is 11.9. The average molecular weight is 255 g/mol. The zero-order chi connectivity index (χ0) is 13.8. The first-order valence-corrected chi connectivity index (χ1v) is 6.32. The molecule has 0 radical (unpaired) electrons. The summed E-state index contributed by atoms with van der Waals surface area (Å²) in [4.78, 5) is 22.6. The Hall–Kier alpha value is -1.26. The third kappa shape index (κ3) is 2.06. The molecule has 2 bridgehead atoms. The van der Waals surface area contributed by atoms with Crippen molar-refractivity contribution in [3.05, 3.63) is 0 Å². The molecule has 1 atom stereocenters. The molecule has 5 heteroatoms. The van der Waals surface area contributed by atoms with E-state index in [1.165, 1.54) is 0 Å². The lowest BCUT2D eigenvalue weighted by Crippen LogP contribution is -2.77. The van der Waals surface area contributed by atoms with Gasteiger partial charge in [0.15, 0.2) is 0 Å². The largest absolute Gasteiger partial charge is 0.481 e. The molecular weight excluding hydrogens is 234 g/mol. The molecule has 0 aliphatic heterocycles. The maximum absolute atomic E-state index is 11.7. The van der Waals surface area contributed by atoms with Crippen LogP contribution in [0, 0.1) is 11.3 Å². The summed E-state index contributed by atoms with van der Waals surface area (Å²) < 4.78 is 5.21. The van der Waals surface area contributed by atoms with Gasteiger partial charge >= 0.3 is 12.1 Å². The zero-order valence-corrected chi connectivity index (χ0v) is 11.4. The van der Waals surface area contributed by atoms with Gasteiger partial charge in [-0.2, -0.15) is 0 Å². The van der Waals surface area contributed by atoms with Gasteiger partial charge in [-0.25, -0.2) is 4.79 Å². The summed E-state index contributed by atoms with van der Waals surface area (Å²) in [6, 6.07) is 0. The number of carboxylic acid groups (broad SMARTS) is 1. The molecule has 0 heterocycles. The Kier molecular flexibility index (Phi) is 2.65. The van der Waals surface area contributed by atoms with Gasteiger partial charge in [0.1, 0.15) is 5.60 Å². The van der Waals surface area contributed by atoms with Crippen molar-refractivity contribution in [2.24, 2.45) is 11.3 Å². The van der Waals surface area contributed by atoms with Crippen LogP contribution in [0.2, 0.25) is 0 Å². The predicted molar refractivity (Wildman–Crippen MR) is 65.2 cm³/mol. The van der Waals surface area contributed by atoms with Crippen LogP contribution in [0.3, 0.4) is 0 Å². The summed E-state index contributed by atoms with van der Waals surface area (Å²) in [5.74, 6) is -1.08. The van der Waals surface area contributed by atoms with Gasteiger partial charge in [-0.3, -0.25) is 4.79 Å². The molecule has 3 rings (SSSR count). The van der Waals surface area contributed by atoms with Crippen molar-refractivity contribution >= 4 is 12.1 Å². The number of carbonyl (C=O) groups excluding carboxylic acids is 1. The fourth-order valence-electron chi connectivity index (χ4n) is 3.24. The van der Waals surface area contributed by atoms with E-state index in [4.69, 9.17) is 9.84 Å². The third-order valence-electron chi connectivity index (χ3n) is 4.13. The highest BCUT2D eigenvalue weighted by atomic mass is 16.6. The fourth-order valence-corrected chi connectivity index (χ4v) is 3.24. The second-order valence-corrected chi connectivity index (χ2v) is 6.86. The van der Waals surface area contributed by atoms with Crippen molar-refractivity contribution in [3.63, 3.8) is 0 Å². The smallest absolute Gasteiger partial charge is 0.408 e. The molecule has 0 aromatic heterocycles. The molecule has 3 saturated carbocycles. The second kappa shape index (κ2) is 3.62. The van der Waals surface area contributed by atoms with Crippen molar-refractivity contribution in [1.29, 1.82) is 0 Å². The van der Waals surface area contributed by atoms with Gasteiger partial charge in [-0.15, -0.1) is 0 Å². The molecule has 3 fully saturated rings. The first-order valence-electron chi connectivity index (χ1n) is 6.32. The van der Waals surface area contributed by atoms with Crippen LogP contribution in [0.5, 0.6) is 0 Å². The Bertz CT molecular complexity index is 377. The topological polar surface area (TPSA) is 75.6 Å². The molecule has 0 aromatic rings. The van der Waals surface area contributed by atoms with Crippen LogP contribution in [-0.2, 0) is 9.53 Å². The summed E-state index contributed by atoms with van der Waals surface area (Å²) in [5.41, 5.74) is -0.799. The van der Waals surface area contributed by atoms with Crippen LogP contribution in [0.15, 0.2) is 0 Å². The van der Waals surface area contributed by atoms with E-state index in [1.54, 1.807) is 6.92 Å². The number of carbonyl (C=O) groups is 2. The predicted octanol–water partition coefficient (Wildman–Crippen LogP) is 2.15. The van der Waals surface area contributed by atoms with Crippen LogP contribution in [0.4, 0.5) is 4.79 Å². The van der Waals surface area contributed by atoms with Crippen LogP contribution >= 0.6 is 0 Å². The van der Waals surface area contributed by atoms with Gasteiger partial charge in [0.05, 0.1) is 5.92 Å². The van der Waals surface area contributed by atoms with E-state index in [9.17, 15) is 9.59 Å². The van der Waals surface area contributed by atoms with E-state index in [0.29, 0.717) is 0 Å². The Morgan fingerprint density at radius 3 is 2.17 bits per heavy atom. The average Bonchev–Trinajstić information content (AvgIpc) is 2.04. The van der Waals surface area contributed by atoms with E-state index in [-0.39, 0.29) is 16.9 Å². The molecule has 3 aliphatic rings.